The lowest BCUT2D eigenvalue weighted by Crippen LogP contribution is -2.28. The Labute approximate surface area is 105 Å². The fourth-order valence-electron chi connectivity index (χ4n) is 1.53. The fourth-order valence-corrected chi connectivity index (χ4v) is 1.53. The molecule has 3 heteroatoms. The molecule has 0 spiro atoms. The number of nitrogens with zero attached hydrogens (tertiary/aromatic N) is 1. The first-order valence-electron chi connectivity index (χ1n) is 6.04. The van der Waals surface area contributed by atoms with Gasteiger partial charge >= 0.3 is 0 Å². The maximum absolute atomic E-state index is 9.35. The maximum atomic E-state index is 9.35. The van der Waals surface area contributed by atoms with Crippen LogP contribution in [0.1, 0.15) is 20.3 Å². The first-order valence-corrected chi connectivity index (χ1v) is 6.04. The minimum atomic E-state index is -0.137. The Morgan fingerprint density at radius 2 is 1.71 bits per heavy atom. The summed E-state index contributed by atoms with van der Waals surface area (Å²) in [6.07, 6.45) is 0.719. The highest BCUT2D eigenvalue weighted by molar-refractivity contribution is 5.18. The van der Waals surface area contributed by atoms with Crippen LogP contribution in [0.2, 0.25) is 0 Å². The molecular formula is C14H25NO2. The van der Waals surface area contributed by atoms with Gasteiger partial charge in [-0.1, -0.05) is 32.0 Å². The molecule has 0 saturated carbocycles. The molecule has 98 valence electrons. The van der Waals surface area contributed by atoms with Gasteiger partial charge in [-0.15, -0.1) is 0 Å². The zero-order valence-electron chi connectivity index (χ0n) is 11.3. The number of phenols is 1. The van der Waals surface area contributed by atoms with Gasteiger partial charge in [-0.25, -0.2) is 0 Å². The van der Waals surface area contributed by atoms with E-state index in [1.54, 1.807) is 24.3 Å². The van der Waals surface area contributed by atoms with Gasteiger partial charge in [-0.05, 0) is 38.6 Å². The molecule has 1 aromatic rings. The highest BCUT2D eigenvalue weighted by Gasteiger charge is 2.11. The summed E-state index contributed by atoms with van der Waals surface area (Å²) in [4.78, 5) is 2.10. The highest BCUT2D eigenvalue weighted by Crippen LogP contribution is 2.06. The third-order valence-electron chi connectivity index (χ3n) is 2.48. The molecule has 1 aromatic carbocycles. The van der Waals surface area contributed by atoms with Crippen molar-refractivity contribution in [3.63, 3.8) is 0 Å². The van der Waals surface area contributed by atoms with Crippen molar-refractivity contribution in [2.45, 2.75) is 26.4 Å². The van der Waals surface area contributed by atoms with Crippen LogP contribution in [0.15, 0.2) is 30.3 Å². The Kier molecular flexibility index (Phi) is 8.46. The van der Waals surface area contributed by atoms with Gasteiger partial charge < -0.3 is 15.1 Å². The Morgan fingerprint density at radius 3 is 2.00 bits per heavy atom. The summed E-state index contributed by atoms with van der Waals surface area (Å²) in [5.41, 5.74) is 0. The predicted octanol–water partition coefficient (Wildman–Crippen LogP) is 2.35. The fraction of sp³-hybridized carbons (Fsp3) is 0.571. The van der Waals surface area contributed by atoms with Gasteiger partial charge in [0.2, 0.25) is 0 Å². The van der Waals surface area contributed by atoms with Gasteiger partial charge in [-0.3, -0.25) is 0 Å². The van der Waals surface area contributed by atoms with Crippen molar-refractivity contribution in [1.29, 1.82) is 0 Å². The van der Waals surface area contributed by atoms with E-state index in [-0.39, 0.29) is 6.10 Å². The Balaban J connectivity index is 0.000000318. The van der Waals surface area contributed by atoms with Gasteiger partial charge in [0.25, 0.3) is 0 Å². The molecule has 0 fully saturated rings. The molecule has 3 nitrogen and oxygen atoms in total. The van der Waals surface area contributed by atoms with Crippen molar-refractivity contribution in [1.82, 2.24) is 4.90 Å². The molecule has 2 atom stereocenters. The van der Waals surface area contributed by atoms with Crippen molar-refractivity contribution in [3.8, 4) is 5.75 Å². The summed E-state index contributed by atoms with van der Waals surface area (Å²) >= 11 is 0. The second-order valence-corrected chi connectivity index (χ2v) is 4.55. The minimum absolute atomic E-state index is 0.137. The summed E-state index contributed by atoms with van der Waals surface area (Å²) in [7, 11) is 4.05. The molecule has 0 aliphatic heterocycles. The molecule has 0 radical (unpaired) electrons. The smallest absolute Gasteiger partial charge is 0.115 e. The number of aromatic hydroxyl groups is 1. The summed E-state index contributed by atoms with van der Waals surface area (Å²) < 4.78 is 0. The Hall–Kier alpha value is -1.06. The maximum Gasteiger partial charge on any atom is 0.115 e. The van der Waals surface area contributed by atoms with E-state index in [1.807, 2.05) is 27.1 Å². The molecule has 0 bridgehead atoms. The molecule has 1 unspecified atom stereocenters. The van der Waals surface area contributed by atoms with Crippen LogP contribution in [0.4, 0.5) is 0 Å². The standard InChI is InChI=1S/C8H19NO.C6H6O/c1-5-8(10)7(2)6-9(3)4;7-6-4-2-1-3-5-6/h7-8,10H,5-6H2,1-4H3;1-5,7H/t7?,8-;/m1./s1. The van der Waals surface area contributed by atoms with Crippen LogP contribution in [0.25, 0.3) is 0 Å². The zero-order valence-corrected chi connectivity index (χ0v) is 11.3. The van der Waals surface area contributed by atoms with E-state index in [9.17, 15) is 5.11 Å². The van der Waals surface area contributed by atoms with Gasteiger partial charge in [0.05, 0.1) is 6.10 Å². The number of para-hydroxylation sites is 1. The molecule has 0 amide bonds. The van der Waals surface area contributed by atoms with E-state index in [0.29, 0.717) is 11.7 Å². The SMILES string of the molecule is CC[C@@H](O)C(C)CN(C)C.Oc1ccccc1. The van der Waals surface area contributed by atoms with E-state index in [0.717, 1.165) is 13.0 Å². The third kappa shape index (κ3) is 8.72. The first kappa shape index (κ1) is 15.9. The molecule has 1 rings (SSSR count). The number of aliphatic hydroxyl groups excluding tert-OH is 1. The molecule has 0 aromatic heterocycles. The summed E-state index contributed by atoms with van der Waals surface area (Å²) in [6.45, 7) is 5.06. The van der Waals surface area contributed by atoms with Crippen LogP contribution in [0.3, 0.4) is 0 Å². The van der Waals surface area contributed by atoms with Crippen molar-refractivity contribution >= 4 is 0 Å². The van der Waals surface area contributed by atoms with Crippen molar-refractivity contribution in [2.75, 3.05) is 20.6 Å². The lowest BCUT2D eigenvalue weighted by molar-refractivity contribution is 0.0964. The molecule has 0 heterocycles. The number of rotatable bonds is 4. The summed E-state index contributed by atoms with van der Waals surface area (Å²) in [5, 5.41) is 18.0. The van der Waals surface area contributed by atoms with Crippen LogP contribution in [-0.4, -0.2) is 41.9 Å². The molecule has 2 N–H and O–H groups in total. The van der Waals surface area contributed by atoms with Crippen molar-refractivity contribution in [3.05, 3.63) is 30.3 Å². The molecule has 0 aliphatic carbocycles. The van der Waals surface area contributed by atoms with Crippen molar-refractivity contribution < 1.29 is 10.2 Å². The van der Waals surface area contributed by atoms with Gasteiger partial charge in [0, 0.05) is 6.54 Å². The largest absolute Gasteiger partial charge is 0.508 e. The number of hydrogen-bond donors (Lipinski definition) is 2. The third-order valence-corrected chi connectivity index (χ3v) is 2.48. The lowest BCUT2D eigenvalue weighted by Gasteiger charge is -2.20. The zero-order chi connectivity index (χ0) is 13.3. The molecule has 17 heavy (non-hydrogen) atoms. The summed E-state index contributed by atoms with van der Waals surface area (Å²) in [6, 6.07) is 8.71. The quantitative estimate of drug-likeness (QED) is 0.847. The Bertz CT molecular complexity index is 275. The van der Waals surface area contributed by atoms with Crippen LogP contribution in [-0.2, 0) is 0 Å². The van der Waals surface area contributed by atoms with E-state index < -0.39 is 0 Å². The average molecular weight is 239 g/mol. The number of aliphatic hydroxyl groups is 1. The molecule has 0 aliphatic rings. The summed E-state index contributed by atoms with van der Waals surface area (Å²) in [5.74, 6) is 0.711. The second-order valence-electron chi connectivity index (χ2n) is 4.55. The topological polar surface area (TPSA) is 43.7 Å². The van der Waals surface area contributed by atoms with Crippen LogP contribution in [0, 0.1) is 5.92 Å². The number of benzene rings is 1. The van der Waals surface area contributed by atoms with E-state index >= 15 is 0 Å². The van der Waals surface area contributed by atoms with E-state index in [4.69, 9.17) is 5.11 Å². The monoisotopic (exact) mass is 239 g/mol. The predicted molar refractivity (Wildman–Crippen MR) is 72.1 cm³/mol. The second kappa shape index (κ2) is 9.02. The number of hydrogen-bond acceptors (Lipinski definition) is 3. The number of phenolic OH excluding ortho intramolecular Hbond substituents is 1. The lowest BCUT2D eigenvalue weighted by atomic mass is 10.0. The van der Waals surface area contributed by atoms with Gasteiger partial charge in [0.15, 0.2) is 0 Å². The molecule has 0 saturated heterocycles. The van der Waals surface area contributed by atoms with Crippen LogP contribution in [0.5, 0.6) is 5.75 Å². The van der Waals surface area contributed by atoms with E-state index in [2.05, 4.69) is 11.8 Å². The average Bonchev–Trinajstić information content (AvgIpc) is 2.29. The van der Waals surface area contributed by atoms with Crippen molar-refractivity contribution in [2.24, 2.45) is 5.92 Å². The molecular weight excluding hydrogens is 214 g/mol. The minimum Gasteiger partial charge on any atom is -0.508 e. The van der Waals surface area contributed by atoms with Crippen LogP contribution >= 0.6 is 0 Å². The Morgan fingerprint density at radius 1 is 1.18 bits per heavy atom. The first-order chi connectivity index (χ1) is 7.97. The van der Waals surface area contributed by atoms with Gasteiger partial charge in [0.1, 0.15) is 5.75 Å². The van der Waals surface area contributed by atoms with E-state index in [1.165, 1.54) is 0 Å². The van der Waals surface area contributed by atoms with Gasteiger partial charge in [-0.2, -0.15) is 0 Å². The normalized spacial score (nSPS) is 13.8. The highest BCUT2D eigenvalue weighted by atomic mass is 16.3. The van der Waals surface area contributed by atoms with Crippen LogP contribution < -0.4 is 0 Å².